The van der Waals surface area contributed by atoms with Crippen LogP contribution in [0.1, 0.15) is 95.2 Å². The summed E-state index contributed by atoms with van der Waals surface area (Å²) >= 11 is 0. The van der Waals surface area contributed by atoms with E-state index in [1.807, 2.05) is 53.9 Å². The summed E-state index contributed by atoms with van der Waals surface area (Å²) in [6.07, 6.45) is 14.8. The number of hydrogen-bond donors (Lipinski definition) is 2. The van der Waals surface area contributed by atoms with E-state index in [9.17, 15) is 10.4 Å². The van der Waals surface area contributed by atoms with Gasteiger partial charge in [0.25, 0.3) is 0 Å². The molecule has 0 amide bonds. The second-order valence-corrected chi connectivity index (χ2v) is 17.6. The smallest absolute Gasteiger partial charge is 0.119 e. The Hall–Kier alpha value is -4.72. The molecule has 0 aliphatic carbocycles. The van der Waals surface area contributed by atoms with Crippen molar-refractivity contribution in [2.75, 3.05) is 25.6 Å². The molecule has 0 fully saturated rings. The molecule has 0 unspecified atom stereocenters. The maximum Gasteiger partial charge on any atom is 0.119 e. The topological polar surface area (TPSA) is 59.4 Å². The molecule has 2 aliphatic heterocycles. The van der Waals surface area contributed by atoms with Gasteiger partial charge >= 0.3 is 0 Å². The van der Waals surface area contributed by atoms with Crippen molar-refractivity contribution in [1.29, 1.82) is 0 Å². The Balaban J connectivity index is 0.000000215. The van der Waals surface area contributed by atoms with Crippen molar-refractivity contribution in [2.45, 2.75) is 97.3 Å². The molecule has 4 aromatic carbocycles. The van der Waals surface area contributed by atoms with Crippen molar-refractivity contribution in [3.63, 3.8) is 0 Å². The molecule has 0 saturated carbocycles. The van der Waals surface area contributed by atoms with Gasteiger partial charge in [-0.1, -0.05) is 120 Å². The molecule has 2 aliphatic rings. The van der Waals surface area contributed by atoms with E-state index in [1.54, 1.807) is 0 Å². The minimum Gasteiger partial charge on any atom is -0.489 e. The molecule has 6 nitrogen and oxygen atoms in total. The van der Waals surface area contributed by atoms with Gasteiger partial charge in [0.2, 0.25) is 0 Å². The molecule has 4 aromatic rings. The summed E-state index contributed by atoms with van der Waals surface area (Å²) in [6.45, 7) is 18.9. The molecule has 0 aromatic heterocycles. The Morgan fingerprint density at radius 3 is 1.34 bits per heavy atom. The highest BCUT2D eigenvalue weighted by molar-refractivity contribution is 5.71. The third-order valence-electron chi connectivity index (χ3n) is 11.1. The molecular formula is C50H63N3O3. The number of rotatable bonds is 11. The van der Waals surface area contributed by atoms with Crippen LogP contribution < -0.4 is 9.64 Å². The second-order valence-electron chi connectivity index (χ2n) is 17.6. The van der Waals surface area contributed by atoms with Crippen LogP contribution in [0, 0.1) is 6.92 Å². The summed E-state index contributed by atoms with van der Waals surface area (Å²) in [4.78, 5) is 2.09. The number of hydrogen-bond acceptors (Lipinski definition) is 6. The van der Waals surface area contributed by atoms with Crippen LogP contribution in [-0.2, 0) is 6.42 Å². The molecule has 2 N–H and O–H groups in total. The van der Waals surface area contributed by atoms with Gasteiger partial charge in [0.1, 0.15) is 12.4 Å². The summed E-state index contributed by atoms with van der Waals surface area (Å²) in [7, 11) is 4.08. The predicted octanol–water partition coefficient (Wildman–Crippen LogP) is 11.8. The molecule has 2 heterocycles. The fraction of sp³-hybridized carbons (Fsp3) is 0.360. The van der Waals surface area contributed by atoms with Gasteiger partial charge < -0.3 is 20.1 Å². The molecule has 56 heavy (non-hydrogen) atoms. The summed E-state index contributed by atoms with van der Waals surface area (Å²) in [5.41, 5.74) is 9.47. The highest BCUT2D eigenvalue weighted by Gasteiger charge is 2.46. The van der Waals surface area contributed by atoms with Crippen LogP contribution in [0.25, 0.3) is 24.3 Å². The van der Waals surface area contributed by atoms with E-state index in [1.165, 1.54) is 49.2 Å². The quantitative estimate of drug-likeness (QED) is 0.117. The van der Waals surface area contributed by atoms with Crippen molar-refractivity contribution < 1.29 is 15.2 Å². The normalized spacial score (nSPS) is 18.4. The van der Waals surface area contributed by atoms with Gasteiger partial charge in [-0.2, -0.15) is 10.1 Å². The van der Waals surface area contributed by atoms with Gasteiger partial charge in [0.15, 0.2) is 0 Å². The fourth-order valence-electron chi connectivity index (χ4n) is 7.49. The summed E-state index contributed by atoms with van der Waals surface area (Å²) in [5.74, 6) is 0.823. The molecular weight excluding hydrogens is 691 g/mol. The first kappa shape index (κ1) is 42.4. The zero-order chi connectivity index (χ0) is 40.9. The van der Waals surface area contributed by atoms with E-state index >= 15 is 0 Å². The van der Waals surface area contributed by atoms with Crippen LogP contribution in [0.2, 0.25) is 0 Å². The highest BCUT2D eigenvalue weighted by Crippen LogP contribution is 2.40. The van der Waals surface area contributed by atoms with E-state index in [0.29, 0.717) is 6.61 Å². The summed E-state index contributed by atoms with van der Waals surface area (Å²) in [6, 6.07) is 33.9. The SMILES string of the molecule is CN(C)c1ccc(/C=C/c2ccc(OCC3=CC(C)(C)N(O)C3(C)C)cc2)cc1.Cc1ccc(/C=C/c2ccc(CCC3=CC(C)(C)N(O)C3(C)C)cc2)cc1. The highest BCUT2D eigenvalue weighted by atomic mass is 16.5. The van der Waals surface area contributed by atoms with Crippen molar-refractivity contribution in [3.05, 3.63) is 154 Å². The molecule has 0 radical (unpaired) electrons. The fourth-order valence-corrected chi connectivity index (χ4v) is 7.49. The van der Waals surface area contributed by atoms with Gasteiger partial charge in [-0.05, 0) is 133 Å². The Kier molecular flexibility index (Phi) is 13.0. The third-order valence-corrected chi connectivity index (χ3v) is 11.1. The largest absolute Gasteiger partial charge is 0.489 e. The lowest BCUT2D eigenvalue weighted by molar-refractivity contribution is -0.185. The maximum absolute atomic E-state index is 10.4. The molecule has 6 rings (SSSR count). The first-order valence-electron chi connectivity index (χ1n) is 19.7. The van der Waals surface area contributed by atoms with Gasteiger partial charge in [-0.25, -0.2) is 0 Å². The lowest BCUT2D eigenvalue weighted by atomic mass is 9.91. The molecule has 0 saturated heterocycles. The van der Waals surface area contributed by atoms with Crippen LogP contribution in [0.5, 0.6) is 5.75 Å². The average Bonchev–Trinajstić information content (AvgIpc) is 3.43. The lowest BCUT2D eigenvalue weighted by Gasteiger charge is -2.36. The lowest BCUT2D eigenvalue weighted by Crippen LogP contribution is -2.48. The van der Waals surface area contributed by atoms with E-state index in [-0.39, 0.29) is 16.6 Å². The summed E-state index contributed by atoms with van der Waals surface area (Å²) in [5, 5.41) is 23.7. The maximum atomic E-state index is 10.4. The molecule has 0 spiro atoms. The van der Waals surface area contributed by atoms with E-state index in [2.05, 4.69) is 161 Å². The minimum atomic E-state index is -0.436. The van der Waals surface area contributed by atoms with Gasteiger partial charge in [-0.15, -0.1) is 0 Å². The Labute approximate surface area is 336 Å². The van der Waals surface area contributed by atoms with Crippen molar-refractivity contribution in [3.8, 4) is 5.75 Å². The Morgan fingerprint density at radius 1 is 0.536 bits per heavy atom. The zero-order valence-corrected chi connectivity index (χ0v) is 35.5. The molecule has 0 bridgehead atoms. The summed E-state index contributed by atoms with van der Waals surface area (Å²) < 4.78 is 5.99. The van der Waals surface area contributed by atoms with Gasteiger partial charge in [0, 0.05) is 19.8 Å². The van der Waals surface area contributed by atoms with Crippen LogP contribution >= 0.6 is 0 Å². The third kappa shape index (κ3) is 10.4. The van der Waals surface area contributed by atoms with Gasteiger partial charge in [-0.3, -0.25) is 0 Å². The number of anilines is 1. The first-order chi connectivity index (χ1) is 26.3. The van der Waals surface area contributed by atoms with Crippen LogP contribution in [0.4, 0.5) is 5.69 Å². The number of benzene rings is 4. The molecule has 6 heteroatoms. The van der Waals surface area contributed by atoms with Crippen molar-refractivity contribution in [2.24, 2.45) is 0 Å². The molecule has 296 valence electrons. The zero-order valence-electron chi connectivity index (χ0n) is 35.5. The minimum absolute atomic E-state index is 0.302. The Morgan fingerprint density at radius 2 is 0.929 bits per heavy atom. The van der Waals surface area contributed by atoms with Crippen molar-refractivity contribution >= 4 is 30.0 Å². The number of hydroxylamine groups is 4. The van der Waals surface area contributed by atoms with Crippen LogP contribution in [0.3, 0.4) is 0 Å². The van der Waals surface area contributed by atoms with E-state index < -0.39 is 5.54 Å². The average molecular weight is 754 g/mol. The standard InChI is InChI=1S/C25H32N2O2.C25H31NO/c1-24(2)17-21(25(3,4)27(24)28)18-29-23-15-11-20(12-16-23)8-7-19-9-13-22(14-10-19)26(5)6;1-19-6-8-20(9-7-19)10-11-21-12-14-22(15-13-21)16-17-23-18-24(2,3)26(27)25(23,4)5/h7-17,28H,18H2,1-6H3;6-15,18,27H,16-17H2,1-5H3/b8-7+;11-10+. The second kappa shape index (κ2) is 17.2. The Bertz CT molecular complexity index is 2030. The van der Waals surface area contributed by atoms with Crippen LogP contribution in [0.15, 0.2) is 120 Å². The number of nitrogens with zero attached hydrogens (tertiary/aromatic N) is 3. The van der Waals surface area contributed by atoms with Gasteiger partial charge in [0.05, 0.1) is 22.2 Å². The van der Waals surface area contributed by atoms with E-state index in [4.69, 9.17) is 4.74 Å². The van der Waals surface area contributed by atoms with Crippen LogP contribution in [-0.4, -0.2) is 63.4 Å². The first-order valence-corrected chi connectivity index (χ1v) is 19.7. The van der Waals surface area contributed by atoms with Crippen molar-refractivity contribution in [1.82, 2.24) is 10.1 Å². The predicted molar refractivity (Wildman–Crippen MR) is 236 cm³/mol. The number of ether oxygens (including phenoxy) is 1. The number of aryl methyl sites for hydroxylation is 2. The molecule has 0 atom stereocenters. The van der Waals surface area contributed by atoms with E-state index in [0.717, 1.165) is 29.7 Å². The monoisotopic (exact) mass is 753 g/mol.